The minimum Gasteiger partial charge on any atom is -0.342 e. The molecule has 0 aromatic heterocycles. The van der Waals surface area contributed by atoms with Crippen LogP contribution in [0.4, 0.5) is 0 Å². The summed E-state index contributed by atoms with van der Waals surface area (Å²) in [5.41, 5.74) is 5.63. The van der Waals surface area contributed by atoms with Gasteiger partial charge in [-0.25, -0.2) is 8.42 Å². The lowest BCUT2D eigenvalue weighted by Crippen LogP contribution is -2.44. The predicted octanol–water partition coefficient (Wildman–Crippen LogP) is 0.395. The van der Waals surface area contributed by atoms with Crippen LogP contribution < -0.4 is 5.73 Å². The van der Waals surface area contributed by atoms with E-state index in [0.29, 0.717) is 19.5 Å². The van der Waals surface area contributed by atoms with Crippen LogP contribution in [-0.4, -0.2) is 49.4 Å². The van der Waals surface area contributed by atoms with E-state index in [4.69, 9.17) is 5.73 Å². The van der Waals surface area contributed by atoms with Crippen molar-refractivity contribution in [2.45, 2.75) is 45.4 Å². The molecule has 2 unspecified atom stereocenters. The highest BCUT2D eigenvalue weighted by Crippen LogP contribution is 2.08. The second-order valence-electron chi connectivity index (χ2n) is 4.15. The summed E-state index contributed by atoms with van der Waals surface area (Å²) in [5, 5.41) is -1.00. The predicted molar refractivity (Wildman–Crippen MR) is 69.4 cm³/mol. The average Bonchev–Trinajstić information content (AvgIpc) is 2.28. The molecule has 0 aliphatic rings. The molecule has 0 radical (unpaired) electrons. The molecule has 17 heavy (non-hydrogen) atoms. The third kappa shape index (κ3) is 4.63. The summed E-state index contributed by atoms with van der Waals surface area (Å²) < 4.78 is 23.9. The van der Waals surface area contributed by atoms with Gasteiger partial charge in [-0.3, -0.25) is 4.79 Å². The molecule has 0 aromatic rings. The highest BCUT2D eigenvalue weighted by Gasteiger charge is 2.31. The lowest BCUT2D eigenvalue weighted by molar-refractivity contribution is -0.130. The van der Waals surface area contributed by atoms with Gasteiger partial charge < -0.3 is 10.6 Å². The Morgan fingerprint density at radius 1 is 1.24 bits per heavy atom. The van der Waals surface area contributed by atoms with Crippen LogP contribution >= 0.6 is 0 Å². The Balaban J connectivity index is 4.79. The van der Waals surface area contributed by atoms with Gasteiger partial charge in [0.2, 0.25) is 5.91 Å². The fraction of sp³-hybridized carbons (Fsp3) is 0.909. The highest BCUT2D eigenvalue weighted by atomic mass is 32.2. The number of rotatable bonds is 7. The standard InChI is InChI=1S/C11H24N2O3S/c1-5-10(12)8-17(15,16)9(4)11(14)13(6-2)7-3/h9-10H,5-8,12H2,1-4H3. The third-order valence-corrected chi connectivity index (χ3v) is 5.10. The molecule has 5 nitrogen and oxygen atoms in total. The van der Waals surface area contributed by atoms with E-state index in [-0.39, 0.29) is 11.7 Å². The maximum atomic E-state index is 12.0. The van der Waals surface area contributed by atoms with Crippen molar-refractivity contribution < 1.29 is 13.2 Å². The lowest BCUT2D eigenvalue weighted by Gasteiger charge is -2.23. The molecule has 102 valence electrons. The van der Waals surface area contributed by atoms with Crippen molar-refractivity contribution >= 4 is 15.7 Å². The van der Waals surface area contributed by atoms with E-state index in [1.165, 1.54) is 11.8 Å². The van der Waals surface area contributed by atoms with Crippen molar-refractivity contribution in [3.63, 3.8) is 0 Å². The second kappa shape index (κ2) is 6.96. The van der Waals surface area contributed by atoms with Gasteiger partial charge in [0.25, 0.3) is 0 Å². The molecule has 0 saturated carbocycles. The minimum atomic E-state index is -3.45. The van der Waals surface area contributed by atoms with Crippen molar-refractivity contribution in [3.8, 4) is 0 Å². The van der Waals surface area contributed by atoms with Gasteiger partial charge in [-0.1, -0.05) is 6.92 Å². The Labute approximate surface area is 104 Å². The summed E-state index contributed by atoms with van der Waals surface area (Å²) in [6.45, 7) is 7.98. The second-order valence-corrected chi connectivity index (χ2v) is 6.52. The molecule has 0 aliphatic heterocycles. The zero-order chi connectivity index (χ0) is 13.6. The van der Waals surface area contributed by atoms with Crippen molar-refractivity contribution in [2.24, 2.45) is 5.73 Å². The van der Waals surface area contributed by atoms with Crippen molar-refractivity contribution in [3.05, 3.63) is 0 Å². The molecule has 6 heteroatoms. The molecular formula is C11H24N2O3S. The van der Waals surface area contributed by atoms with Crippen LogP contribution in [0.15, 0.2) is 0 Å². The van der Waals surface area contributed by atoms with E-state index < -0.39 is 21.1 Å². The first kappa shape index (κ1) is 16.4. The molecule has 0 rings (SSSR count). The summed E-state index contributed by atoms with van der Waals surface area (Å²) in [6.07, 6.45) is 0.589. The average molecular weight is 264 g/mol. The normalized spacial score (nSPS) is 15.4. The molecule has 0 spiro atoms. The Hall–Kier alpha value is -0.620. The van der Waals surface area contributed by atoms with Gasteiger partial charge in [-0.05, 0) is 27.2 Å². The van der Waals surface area contributed by atoms with E-state index in [2.05, 4.69) is 0 Å². The lowest BCUT2D eigenvalue weighted by atomic mass is 10.3. The van der Waals surface area contributed by atoms with Crippen LogP contribution in [-0.2, 0) is 14.6 Å². The van der Waals surface area contributed by atoms with Crippen LogP contribution in [0.3, 0.4) is 0 Å². The largest absolute Gasteiger partial charge is 0.342 e. The minimum absolute atomic E-state index is 0.127. The van der Waals surface area contributed by atoms with Gasteiger partial charge in [0, 0.05) is 19.1 Å². The number of carbonyl (C=O) groups is 1. The van der Waals surface area contributed by atoms with Crippen LogP contribution in [0.5, 0.6) is 0 Å². The summed E-state index contributed by atoms with van der Waals surface area (Å²) >= 11 is 0. The monoisotopic (exact) mass is 264 g/mol. The third-order valence-electron chi connectivity index (χ3n) is 2.93. The number of sulfone groups is 1. The Morgan fingerprint density at radius 2 is 1.71 bits per heavy atom. The molecule has 0 bridgehead atoms. The quantitative estimate of drug-likeness (QED) is 0.721. The van der Waals surface area contributed by atoms with Gasteiger partial charge in [-0.2, -0.15) is 0 Å². The van der Waals surface area contributed by atoms with Gasteiger partial charge in [-0.15, -0.1) is 0 Å². The van der Waals surface area contributed by atoms with Crippen LogP contribution in [0.1, 0.15) is 34.1 Å². The first-order valence-electron chi connectivity index (χ1n) is 6.06. The van der Waals surface area contributed by atoms with Gasteiger partial charge in [0.05, 0.1) is 5.75 Å². The zero-order valence-corrected chi connectivity index (χ0v) is 12.0. The Bertz CT molecular complexity index is 337. The fourth-order valence-electron chi connectivity index (χ4n) is 1.51. The topological polar surface area (TPSA) is 80.5 Å². The van der Waals surface area contributed by atoms with E-state index >= 15 is 0 Å². The van der Waals surface area contributed by atoms with E-state index in [1.54, 1.807) is 0 Å². The van der Waals surface area contributed by atoms with Crippen molar-refractivity contribution in [2.75, 3.05) is 18.8 Å². The van der Waals surface area contributed by atoms with Crippen LogP contribution in [0.25, 0.3) is 0 Å². The molecule has 2 N–H and O–H groups in total. The number of hydrogen-bond donors (Lipinski definition) is 1. The molecule has 0 heterocycles. The van der Waals surface area contributed by atoms with Gasteiger partial charge >= 0.3 is 0 Å². The summed E-state index contributed by atoms with van der Waals surface area (Å²) in [7, 11) is -3.45. The van der Waals surface area contributed by atoms with E-state index in [9.17, 15) is 13.2 Å². The van der Waals surface area contributed by atoms with Gasteiger partial charge in [0.1, 0.15) is 5.25 Å². The number of hydrogen-bond acceptors (Lipinski definition) is 4. The maximum Gasteiger partial charge on any atom is 0.240 e. The summed E-state index contributed by atoms with van der Waals surface area (Å²) in [6, 6.07) is -0.396. The molecule has 1 amide bonds. The molecule has 0 aromatic carbocycles. The number of carbonyl (C=O) groups excluding carboxylic acids is 1. The number of nitrogens with two attached hydrogens (primary N) is 1. The number of nitrogens with zero attached hydrogens (tertiary/aromatic N) is 1. The van der Waals surface area contributed by atoms with E-state index in [0.717, 1.165) is 0 Å². The smallest absolute Gasteiger partial charge is 0.240 e. The summed E-state index contributed by atoms with van der Waals surface area (Å²) in [5.74, 6) is -0.462. The summed E-state index contributed by atoms with van der Waals surface area (Å²) in [4.78, 5) is 13.5. The first-order valence-corrected chi connectivity index (χ1v) is 7.77. The molecular weight excluding hydrogens is 240 g/mol. The highest BCUT2D eigenvalue weighted by molar-refractivity contribution is 7.92. The zero-order valence-electron chi connectivity index (χ0n) is 11.1. The molecule has 0 fully saturated rings. The SMILES string of the molecule is CCC(N)CS(=O)(=O)C(C)C(=O)N(CC)CC. The molecule has 2 atom stereocenters. The van der Waals surface area contributed by atoms with Crippen LogP contribution in [0, 0.1) is 0 Å². The van der Waals surface area contributed by atoms with Crippen molar-refractivity contribution in [1.82, 2.24) is 4.90 Å². The first-order chi connectivity index (χ1) is 7.80. The molecule has 0 saturated heterocycles. The maximum absolute atomic E-state index is 12.0. The molecule has 0 aliphatic carbocycles. The fourth-order valence-corrected chi connectivity index (χ4v) is 3.08. The van der Waals surface area contributed by atoms with E-state index in [1.807, 2.05) is 20.8 Å². The van der Waals surface area contributed by atoms with Crippen molar-refractivity contribution in [1.29, 1.82) is 0 Å². The Morgan fingerprint density at radius 3 is 2.06 bits per heavy atom. The van der Waals surface area contributed by atoms with Gasteiger partial charge in [0.15, 0.2) is 9.84 Å². The number of amides is 1. The Kier molecular flexibility index (Phi) is 6.70. The van der Waals surface area contributed by atoms with Crippen LogP contribution in [0.2, 0.25) is 0 Å².